The van der Waals surface area contributed by atoms with Crippen molar-refractivity contribution in [2.45, 2.75) is 12.7 Å². The first-order chi connectivity index (χ1) is 14.6. The second-order valence-corrected chi connectivity index (χ2v) is 7.31. The van der Waals surface area contributed by atoms with Gasteiger partial charge in [0.1, 0.15) is 17.2 Å². The van der Waals surface area contributed by atoms with Crippen LogP contribution in [0, 0.1) is 0 Å². The fraction of sp³-hybridized carbons (Fsp3) is 0.478. The normalized spacial score (nSPS) is 14.7. The van der Waals surface area contributed by atoms with Gasteiger partial charge in [-0.15, -0.1) is 24.8 Å². The summed E-state index contributed by atoms with van der Waals surface area (Å²) in [6.07, 6.45) is -0.542. The second kappa shape index (κ2) is 14.3. The molecule has 7 nitrogen and oxygen atoms in total. The van der Waals surface area contributed by atoms with Crippen LogP contribution < -0.4 is 19.1 Å². The molecule has 180 valence electrons. The number of aliphatic hydroxyl groups is 1. The molecule has 0 aromatic heterocycles. The van der Waals surface area contributed by atoms with Crippen molar-refractivity contribution in [1.29, 1.82) is 0 Å². The summed E-state index contributed by atoms with van der Waals surface area (Å²) in [5.74, 6) is 2.40. The zero-order chi connectivity index (χ0) is 21.3. The molecule has 32 heavy (non-hydrogen) atoms. The van der Waals surface area contributed by atoms with E-state index in [0.717, 1.165) is 54.7 Å². The fourth-order valence-corrected chi connectivity index (χ4v) is 3.71. The standard InChI is InChI=1S/C23H32N2O5.2ClH/c1-27-20-8-9-22(28-2)18(14-20)16-30-17-19(26)15-24-10-12-25(13-11-24)21-6-4-5-7-23(21)29-3;;/h4-9,14,19,26H,10-13,15-17H2,1-3H3;2*1H. The van der Waals surface area contributed by atoms with E-state index in [4.69, 9.17) is 18.9 Å². The second-order valence-electron chi connectivity index (χ2n) is 7.31. The maximum absolute atomic E-state index is 10.4. The fourth-order valence-electron chi connectivity index (χ4n) is 3.71. The average Bonchev–Trinajstić information content (AvgIpc) is 2.79. The Morgan fingerprint density at radius 2 is 1.56 bits per heavy atom. The van der Waals surface area contributed by atoms with Gasteiger partial charge in [-0.25, -0.2) is 0 Å². The Morgan fingerprint density at radius 3 is 2.22 bits per heavy atom. The van der Waals surface area contributed by atoms with Gasteiger partial charge in [-0.05, 0) is 30.3 Å². The summed E-state index contributed by atoms with van der Waals surface area (Å²) >= 11 is 0. The topological polar surface area (TPSA) is 63.6 Å². The van der Waals surface area contributed by atoms with Crippen molar-refractivity contribution in [3.05, 3.63) is 48.0 Å². The molecule has 1 aliphatic heterocycles. The number of nitrogens with zero attached hydrogens (tertiary/aromatic N) is 2. The number of rotatable bonds is 10. The van der Waals surface area contributed by atoms with E-state index in [1.165, 1.54) is 0 Å². The highest BCUT2D eigenvalue weighted by molar-refractivity contribution is 5.85. The molecule has 9 heteroatoms. The number of halogens is 2. The summed E-state index contributed by atoms with van der Waals surface area (Å²) in [5, 5.41) is 10.4. The van der Waals surface area contributed by atoms with E-state index in [2.05, 4.69) is 15.9 Å². The zero-order valence-corrected chi connectivity index (χ0v) is 20.5. The molecule has 1 unspecified atom stereocenters. The van der Waals surface area contributed by atoms with Crippen LogP contribution in [0.25, 0.3) is 0 Å². The SMILES string of the molecule is COc1ccc(OC)c(COCC(O)CN2CCN(c3ccccc3OC)CC2)c1.Cl.Cl. The van der Waals surface area contributed by atoms with Gasteiger partial charge in [0.2, 0.25) is 0 Å². The maximum Gasteiger partial charge on any atom is 0.142 e. The highest BCUT2D eigenvalue weighted by atomic mass is 35.5. The summed E-state index contributed by atoms with van der Waals surface area (Å²) < 4.78 is 21.8. The molecule has 3 rings (SSSR count). The molecular weight excluding hydrogens is 455 g/mol. The number of hydrogen-bond acceptors (Lipinski definition) is 7. The van der Waals surface area contributed by atoms with Crippen molar-refractivity contribution in [2.24, 2.45) is 0 Å². The number of aliphatic hydroxyl groups excluding tert-OH is 1. The van der Waals surface area contributed by atoms with Gasteiger partial charge in [-0.1, -0.05) is 12.1 Å². The summed E-state index contributed by atoms with van der Waals surface area (Å²) in [6, 6.07) is 13.7. The van der Waals surface area contributed by atoms with E-state index in [-0.39, 0.29) is 31.4 Å². The van der Waals surface area contributed by atoms with Gasteiger partial charge in [0, 0.05) is 38.3 Å². The molecule has 1 atom stereocenters. The van der Waals surface area contributed by atoms with Gasteiger partial charge in [0.15, 0.2) is 0 Å². The van der Waals surface area contributed by atoms with Gasteiger partial charge in [0.25, 0.3) is 0 Å². The number of para-hydroxylation sites is 2. The number of ether oxygens (including phenoxy) is 4. The summed E-state index contributed by atoms with van der Waals surface area (Å²) in [6.45, 7) is 4.79. The zero-order valence-electron chi connectivity index (χ0n) is 18.9. The molecule has 0 aliphatic carbocycles. The van der Waals surface area contributed by atoms with E-state index >= 15 is 0 Å². The number of benzene rings is 2. The Balaban J connectivity index is 0.00000256. The average molecular weight is 489 g/mol. The maximum atomic E-state index is 10.4. The highest BCUT2D eigenvalue weighted by Gasteiger charge is 2.21. The molecule has 2 aromatic rings. The molecule has 0 bridgehead atoms. The monoisotopic (exact) mass is 488 g/mol. The van der Waals surface area contributed by atoms with Crippen LogP contribution in [0.5, 0.6) is 17.2 Å². The van der Waals surface area contributed by atoms with Crippen molar-refractivity contribution >= 4 is 30.5 Å². The van der Waals surface area contributed by atoms with E-state index in [0.29, 0.717) is 13.2 Å². The lowest BCUT2D eigenvalue weighted by molar-refractivity contribution is 0.00861. The minimum absolute atomic E-state index is 0. The first-order valence-electron chi connectivity index (χ1n) is 10.2. The lowest BCUT2D eigenvalue weighted by atomic mass is 10.2. The van der Waals surface area contributed by atoms with Crippen LogP contribution in [0.15, 0.2) is 42.5 Å². The molecule has 1 fully saturated rings. The Morgan fingerprint density at radius 1 is 0.875 bits per heavy atom. The molecule has 1 aliphatic rings. The number of hydrogen-bond donors (Lipinski definition) is 1. The minimum atomic E-state index is -0.542. The summed E-state index contributed by atoms with van der Waals surface area (Å²) in [4.78, 5) is 4.60. The van der Waals surface area contributed by atoms with Crippen LogP contribution in [0.4, 0.5) is 5.69 Å². The van der Waals surface area contributed by atoms with E-state index in [1.54, 1.807) is 21.3 Å². The molecule has 1 heterocycles. The van der Waals surface area contributed by atoms with E-state index < -0.39 is 6.10 Å². The predicted molar refractivity (Wildman–Crippen MR) is 131 cm³/mol. The molecule has 1 N–H and O–H groups in total. The Hall–Kier alpha value is -1.90. The third-order valence-electron chi connectivity index (χ3n) is 5.32. The van der Waals surface area contributed by atoms with Gasteiger partial charge >= 0.3 is 0 Å². The Bertz CT molecular complexity index is 804. The lowest BCUT2D eigenvalue weighted by Gasteiger charge is -2.37. The molecule has 0 amide bonds. The van der Waals surface area contributed by atoms with Gasteiger partial charge in [-0.3, -0.25) is 4.90 Å². The first kappa shape index (κ1) is 28.1. The van der Waals surface area contributed by atoms with Gasteiger partial charge < -0.3 is 29.0 Å². The van der Waals surface area contributed by atoms with Crippen LogP contribution in [-0.4, -0.2) is 76.8 Å². The smallest absolute Gasteiger partial charge is 0.142 e. The molecule has 0 radical (unpaired) electrons. The minimum Gasteiger partial charge on any atom is -0.497 e. The number of anilines is 1. The number of piperazine rings is 1. The highest BCUT2D eigenvalue weighted by Crippen LogP contribution is 2.28. The molecular formula is C23H34Cl2N2O5. The van der Waals surface area contributed by atoms with Gasteiger partial charge in [-0.2, -0.15) is 0 Å². The van der Waals surface area contributed by atoms with Crippen LogP contribution >= 0.6 is 24.8 Å². The van der Waals surface area contributed by atoms with Crippen molar-refractivity contribution in [1.82, 2.24) is 4.90 Å². The molecule has 2 aromatic carbocycles. The first-order valence-corrected chi connectivity index (χ1v) is 10.2. The van der Waals surface area contributed by atoms with Crippen molar-refractivity contribution in [2.75, 3.05) is 65.6 Å². The largest absolute Gasteiger partial charge is 0.497 e. The number of β-amino-alcohol motifs (C(OH)–C–C–N with tert-alkyl or cyclic N) is 1. The van der Waals surface area contributed by atoms with Crippen LogP contribution in [0.1, 0.15) is 5.56 Å². The molecule has 1 saturated heterocycles. The lowest BCUT2D eigenvalue weighted by Crippen LogP contribution is -2.49. The third-order valence-corrected chi connectivity index (χ3v) is 5.32. The summed E-state index contributed by atoms with van der Waals surface area (Å²) in [7, 11) is 4.96. The van der Waals surface area contributed by atoms with Crippen molar-refractivity contribution in [3.63, 3.8) is 0 Å². The van der Waals surface area contributed by atoms with Crippen LogP contribution in [0.2, 0.25) is 0 Å². The molecule has 0 spiro atoms. The third kappa shape index (κ3) is 7.60. The van der Waals surface area contributed by atoms with Crippen LogP contribution in [0.3, 0.4) is 0 Å². The molecule has 0 saturated carbocycles. The predicted octanol–water partition coefficient (Wildman–Crippen LogP) is 3.26. The van der Waals surface area contributed by atoms with Crippen LogP contribution in [-0.2, 0) is 11.3 Å². The summed E-state index contributed by atoms with van der Waals surface area (Å²) in [5.41, 5.74) is 2.02. The van der Waals surface area contributed by atoms with E-state index in [1.807, 2.05) is 36.4 Å². The quantitative estimate of drug-likeness (QED) is 0.550. The Kier molecular flexibility index (Phi) is 12.6. The van der Waals surface area contributed by atoms with Crippen molar-refractivity contribution in [3.8, 4) is 17.2 Å². The van der Waals surface area contributed by atoms with Crippen molar-refractivity contribution < 1.29 is 24.1 Å². The van der Waals surface area contributed by atoms with E-state index in [9.17, 15) is 5.11 Å². The Labute approximate surface area is 203 Å². The van der Waals surface area contributed by atoms with Gasteiger partial charge in [0.05, 0.1) is 46.3 Å². The number of methoxy groups -OCH3 is 3.